The van der Waals surface area contributed by atoms with E-state index in [-0.39, 0.29) is 5.41 Å². The van der Waals surface area contributed by atoms with Crippen LogP contribution >= 0.6 is 0 Å². The van der Waals surface area contributed by atoms with Crippen molar-refractivity contribution in [2.24, 2.45) is 0 Å². The second-order valence-corrected chi connectivity index (χ2v) is 21.0. The molecule has 3 nitrogen and oxygen atoms in total. The average molecular weight is 946 g/mol. The average Bonchev–Trinajstić information content (AvgIpc) is 4.08. The van der Waals surface area contributed by atoms with Crippen LogP contribution in [0.15, 0.2) is 249 Å². The van der Waals surface area contributed by atoms with E-state index in [0.717, 1.165) is 56.8 Å². The molecule has 348 valence electrons. The first-order valence-corrected chi connectivity index (χ1v) is 25.8. The van der Waals surface area contributed by atoms with Crippen LogP contribution in [0, 0.1) is 0 Å². The van der Waals surface area contributed by atoms with Gasteiger partial charge in [0.1, 0.15) is 23.0 Å². The van der Waals surface area contributed by atoms with Crippen LogP contribution in [0.3, 0.4) is 0 Å². The molecule has 0 N–H and O–H groups in total. The van der Waals surface area contributed by atoms with Gasteiger partial charge in [-0.25, -0.2) is 0 Å². The summed E-state index contributed by atoms with van der Waals surface area (Å²) in [7, 11) is 0. The van der Waals surface area contributed by atoms with E-state index in [2.05, 4.69) is 267 Å². The highest BCUT2D eigenvalue weighted by molar-refractivity contribution is 5.98. The van der Waals surface area contributed by atoms with Gasteiger partial charge in [-0.3, -0.25) is 0 Å². The fourth-order valence-corrected chi connectivity index (χ4v) is 14.2. The molecule has 11 aromatic carbocycles. The number of hydrogen-bond acceptors (Lipinski definition) is 3. The fourth-order valence-electron chi connectivity index (χ4n) is 14.2. The molecule has 5 aliphatic rings. The molecule has 0 aromatic heterocycles. The Morgan fingerprint density at radius 3 is 1.19 bits per heavy atom. The van der Waals surface area contributed by atoms with Crippen LogP contribution in [-0.2, 0) is 16.2 Å². The van der Waals surface area contributed by atoms with Crippen molar-refractivity contribution in [1.29, 1.82) is 0 Å². The summed E-state index contributed by atoms with van der Waals surface area (Å²) in [6, 6.07) is 91.9. The van der Waals surface area contributed by atoms with E-state index >= 15 is 0 Å². The SMILES string of the molecule is CC1(C)c2ccccc2-c2ccc(N(c3ccc(-c4cccc5c4-c4ccccc4C54c5ccccc5Oc5ccccc54)cc3)c3ccc4c(c3)C3(c5ccccc5Oc5ccccc53)c3ccccc3-4)cc21. The van der Waals surface area contributed by atoms with Gasteiger partial charge < -0.3 is 14.4 Å². The summed E-state index contributed by atoms with van der Waals surface area (Å²) < 4.78 is 13.4. The third-order valence-electron chi connectivity index (χ3n) is 17.2. The maximum atomic E-state index is 6.74. The van der Waals surface area contributed by atoms with Gasteiger partial charge >= 0.3 is 0 Å². The Morgan fingerprint density at radius 2 is 0.635 bits per heavy atom. The van der Waals surface area contributed by atoms with Crippen molar-refractivity contribution in [1.82, 2.24) is 0 Å². The van der Waals surface area contributed by atoms with E-state index in [1.54, 1.807) is 0 Å². The fraction of sp³-hybridized carbons (Fsp3) is 0.0704. The number of benzene rings is 11. The molecule has 74 heavy (non-hydrogen) atoms. The lowest BCUT2D eigenvalue weighted by atomic mass is 9.66. The normalized spacial score (nSPS) is 15.2. The summed E-state index contributed by atoms with van der Waals surface area (Å²) in [5.41, 5.74) is 24.4. The summed E-state index contributed by atoms with van der Waals surface area (Å²) in [4.78, 5) is 2.48. The van der Waals surface area contributed by atoms with Crippen molar-refractivity contribution in [3.05, 3.63) is 304 Å². The molecule has 0 atom stereocenters. The van der Waals surface area contributed by atoms with Crippen LogP contribution in [0.5, 0.6) is 23.0 Å². The van der Waals surface area contributed by atoms with Gasteiger partial charge in [-0.15, -0.1) is 0 Å². The second-order valence-electron chi connectivity index (χ2n) is 21.0. The quantitative estimate of drug-likeness (QED) is 0.175. The van der Waals surface area contributed by atoms with E-state index in [1.807, 2.05) is 0 Å². The highest BCUT2D eigenvalue weighted by Crippen LogP contribution is 2.65. The molecule has 3 heteroatoms. The van der Waals surface area contributed by atoms with Gasteiger partial charge in [-0.2, -0.15) is 0 Å². The number of hydrogen-bond donors (Lipinski definition) is 0. The van der Waals surface area contributed by atoms with Gasteiger partial charge in [0.2, 0.25) is 0 Å². The predicted molar refractivity (Wildman–Crippen MR) is 299 cm³/mol. The molecular weight excluding hydrogens is 899 g/mol. The first-order chi connectivity index (χ1) is 36.5. The standard InChI is InChI=1S/C71H47NO2/c1-69(2)54-22-6-3-18-49(54)51-40-38-46(42-62(51)69)72(47-39-41-52-50-19-4-7-23-55(50)71(63(52)43-47)59-27-11-15-32-66(59)74-67-33-16-12-28-60(67)71)45-36-34-44(35-37-45)48-21-17-29-61-68(48)53-20-5-8-24-56(53)70(61)57-25-9-13-30-64(57)73-65-31-14-10-26-58(65)70/h3-43H,1-2H3. The van der Waals surface area contributed by atoms with Gasteiger partial charge in [0.05, 0.1) is 10.8 Å². The van der Waals surface area contributed by atoms with Gasteiger partial charge in [0.15, 0.2) is 0 Å². The molecule has 0 saturated heterocycles. The van der Waals surface area contributed by atoms with Crippen LogP contribution in [0.1, 0.15) is 69.5 Å². The molecule has 3 aliphatic carbocycles. The van der Waals surface area contributed by atoms with Crippen LogP contribution < -0.4 is 14.4 Å². The van der Waals surface area contributed by atoms with Crippen molar-refractivity contribution in [2.45, 2.75) is 30.1 Å². The number of para-hydroxylation sites is 4. The topological polar surface area (TPSA) is 21.7 Å². The number of anilines is 3. The lowest BCUT2D eigenvalue weighted by molar-refractivity contribution is 0.436. The van der Waals surface area contributed by atoms with E-state index in [1.165, 1.54) is 83.5 Å². The summed E-state index contributed by atoms with van der Waals surface area (Å²) in [6.07, 6.45) is 0. The summed E-state index contributed by atoms with van der Waals surface area (Å²) in [5.74, 6) is 3.57. The minimum absolute atomic E-state index is 0.177. The zero-order valence-corrected chi connectivity index (χ0v) is 40.9. The summed E-state index contributed by atoms with van der Waals surface area (Å²) >= 11 is 0. The molecule has 16 rings (SSSR count). The van der Waals surface area contributed by atoms with E-state index in [0.29, 0.717) is 0 Å². The Balaban J connectivity index is 0.902. The minimum atomic E-state index is -0.600. The molecule has 2 spiro atoms. The van der Waals surface area contributed by atoms with Crippen LogP contribution in [-0.4, -0.2) is 0 Å². The zero-order chi connectivity index (χ0) is 48.9. The van der Waals surface area contributed by atoms with Gasteiger partial charge in [0, 0.05) is 44.7 Å². The molecule has 0 bridgehead atoms. The maximum Gasteiger partial charge on any atom is 0.132 e. The summed E-state index contributed by atoms with van der Waals surface area (Å²) in [5, 5.41) is 0. The highest BCUT2D eigenvalue weighted by Gasteiger charge is 2.53. The maximum absolute atomic E-state index is 6.74. The minimum Gasteiger partial charge on any atom is -0.457 e. The lowest BCUT2D eigenvalue weighted by Crippen LogP contribution is -2.32. The zero-order valence-electron chi connectivity index (χ0n) is 40.9. The number of fused-ring (bicyclic) bond motifs is 21. The predicted octanol–water partition coefficient (Wildman–Crippen LogP) is 18.1. The van der Waals surface area contributed by atoms with Gasteiger partial charge in [-0.1, -0.05) is 202 Å². The smallest absolute Gasteiger partial charge is 0.132 e. The van der Waals surface area contributed by atoms with Crippen molar-refractivity contribution >= 4 is 17.1 Å². The molecule has 0 unspecified atom stereocenters. The van der Waals surface area contributed by atoms with E-state index < -0.39 is 10.8 Å². The Morgan fingerprint density at radius 1 is 0.270 bits per heavy atom. The molecule has 11 aromatic rings. The van der Waals surface area contributed by atoms with Crippen molar-refractivity contribution in [2.75, 3.05) is 4.90 Å². The Kier molecular flexibility index (Phi) is 8.37. The largest absolute Gasteiger partial charge is 0.457 e. The Labute approximate surface area is 431 Å². The molecule has 2 heterocycles. The molecule has 0 saturated carbocycles. The number of ether oxygens (including phenoxy) is 2. The monoisotopic (exact) mass is 945 g/mol. The van der Waals surface area contributed by atoms with Crippen LogP contribution in [0.2, 0.25) is 0 Å². The van der Waals surface area contributed by atoms with Crippen LogP contribution in [0.4, 0.5) is 17.1 Å². The Hall–Kier alpha value is -9.18. The van der Waals surface area contributed by atoms with Crippen LogP contribution in [0.25, 0.3) is 44.5 Å². The van der Waals surface area contributed by atoms with E-state index in [9.17, 15) is 0 Å². The second kappa shape index (κ2) is 14.9. The molecular formula is C71H47NO2. The van der Waals surface area contributed by atoms with Crippen molar-refractivity contribution < 1.29 is 9.47 Å². The van der Waals surface area contributed by atoms with Crippen molar-refractivity contribution in [3.63, 3.8) is 0 Å². The highest BCUT2D eigenvalue weighted by atomic mass is 16.5. The Bertz CT molecular complexity index is 4110. The van der Waals surface area contributed by atoms with Gasteiger partial charge in [-0.05, 0) is 139 Å². The molecule has 0 radical (unpaired) electrons. The molecule has 0 amide bonds. The first kappa shape index (κ1) is 41.4. The van der Waals surface area contributed by atoms with E-state index in [4.69, 9.17) is 9.47 Å². The third-order valence-corrected chi connectivity index (χ3v) is 17.2. The van der Waals surface area contributed by atoms with Gasteiger partial charge in [0.25, 0.3) is 0 Å². The first-order valence-electron chi connectivity index (χ1n) is 25.8. The molecule has 2 aliphatic heterocycles. The summed E-state index contributed by atoms with van der Waals surface area (Å²) in [6.45, 7) is 4.74. The van der Waals surface area contributed by atoms with Crippen molar-refractivity contribution in [3.8, 4) is 67.5 Å². The number of nitrogens with zero attached hydrogens (tertiary/aromatic N) is 1. The lowest BCUT2D eigenvalue weighted by Gasteiger charge is -2.39. The molecule has 0 fully saturated rings. The number of rotatable bonds is 4. The third kappa shape index (κ3) is 5.25.